The van der Waals surface area contributed by atoms with E-state index < -0.39 is 6.10 Å². The molecule has 1 amide bonds. The molecule has 1 aromatic carbocycles. The Kier molecular flexibility index (Phi) is 6.36. The Labute approximate surface area is 114 Å². The van der Waals surface area contributed by atoms with Crippen LogP contribution in [0.4, 0.5) is 0 Å². The van der Waals surface area contributed by atoms with Crippen LogP contribution in [0.1, 0.15) is 45.3 Å². The van der Waals surface area contributed by atoms with Crippen LogP contribution in [-0.4, -0.2) is 23.7 Å². The standard InChI is InChI=1S/C15H23NO3/c1-4-6-11(2)16-15(18)10-19-14-8-5-7-13(9-14)12(3)17/h5,7-9,11-12,17H,4,6,10H2,1-3H3,(H,16,18). The van der Waals surface area contributed by atoms with Gasteiger partial charge in [0, 0.05) is 6.04 Å². The van der Waals surface area contributed by atoms with Gasteiger partial charge in [-0.25, -0.2) is 0 Å². The molecule has 4 nitrogen and oxygen atoms in total. The number of ether oxygens (including phenoxy) is 1. The second kappa shape index (κ2) is 7.79. The van der Waals surface area contributed by atoms with Crippen molar-refractivity contribution in [2.75, 3.05) is 6.61 Å². The highest BCUT2D eigenvalue weighted by Crippen LogP contribution is 2.18. The van der Waals surface area contributed by atoms with E-state index in [-0.39, 0.29) is 18.6 Å². The van der Waals surface area contributed by atoms with Gasteiger partial charge < -0.3 is 15.2 Å². The Morgan fingerprint density at radius 2 is 2.16 bits per heavy atom. The number of carbonyl (C=O) groups excluding carboxylic acids is 1. The number of amides is 1. The number of benzene rings is 1. The predicted octanol–water partition coefficient (Wildman–Crippen LogP) is 2.42. The lowest BCUT2D eigenvalue weighted by molar-refractivity contribution is -0.123. The minimum Gasteiger partial charge on any atom is -0.484 e. The minimum atomic E-state index is -0.540. The third kappa shape index (κ3) is 5.75. The van der Waals surface area contributed by atoms with Crippen molar-refractivity contribution in [2.45, 2.75) is 45.8 Å². The fraction of sp³-hybridized carbons (Fsp3) is 0.533. The molecule has 0 bridgehead atoms. The maximum Gasteiger partial charge on any atom is 0.258 e. The van der Waals surface area contributed by atoms with E-state index in [2.05, 4.69) is 12.2 Å². The molecule has 0 aliphatic carbocycles. The third-order valence-electron chi connectivity index (χ3n) is 2.84. The van der Waals surface area contributed by atoms with E-state index in [1.165, 1.54) is 0 Å². The Morgan fingerprint density at radius 1 is 1.42 bits per heavy atom. The molecular weight excluding hydrogens is 242 g/mol. The Balaban J connectivity index is 2.43. The number of carbonyl (C=O) groups is 1. The molecule has 0 radical (unpaired) electrons. The second-order valence-electron chi connectivity index (χ2n) is 4.79. The molecule has 2 atom stereocenters. The van der Waals surface area contributed by atoms with E-state index in [1.54, 1.807) is 25.1 Å². The first-order chi connectivity index (χ1) is 9.02. The number of hydrogen-bond acceptors (Lipinski definition) is 3. The Hall–Kier alpha value is -1.55. The number of nitrogens with one attached hydrogen (secondary N) is 1. The van der Waals surface area contributed by atoms with Crippen LogP contribution in [0.2, 0.25) is 0 Å². The summed E-state index contributed by atoms with van der Waals surface area (Å²) in [5.74, 6) is 0.472. The number of hydrogen-bond donors (Lipinski definition) is 2. The number of aliphatic hydroxyl groups is 1. The molecule has 0 aliphatic heterocycles. The summed E-state index contributed by atoms with van der Waals surface area (Å²) in [4.78, 5) is 11.6. The van der Waals surface area contributed by atoms with Crippen LogP contribution in [-0.2, 0) is 4.79 Å². The summed E-state index contributed by atoms with van der Waals surface area (Å²) in [6, 6.07) is 7.31. The molecule has 0 saturated heterocycles. The van der Waals surface area contributed by atoms with E-state index in [0.717, 1.165) is 18.4 Å². The molecule has 0 spiro atoms. The lowest BCUT2D eigenvalue weighted by Crippen LogP contribution is -2.35. The summed E-state index contributed by atoms with van der Waals surface area (Å²) in [7, 11) is 0. The largest absolute Gasteiger partial charge is 0.484 e. The van der Waals surface area contributed by atoms with Crippen molar-refractivity contribution in [1.82, 2.24) is 5.32 Å². The molecule has 19 heavy (non-hydrogen) atoms. The normalized spacial score (nSPS) is 13.7. The third-order valence-corrected chi connectivity index (χ3v) is 2.84. The highest BCUT2D eigenvalue weighted by Gasteiger charge is 2.08. The zero-order chi connectivity index (χ0) is 14.3. The van der Waals surface area contributed by atoms with E-state index in [4.69, 9.17) is 4.74 Å². The quantitative estimate of drug-likeness (QED) is 0.796. The van der Waals surface area contributed by atoms with Crippen LogP contribution < -0.4 is 10.1 Å². The van der Waals surface area contributed by atoms with Gasteiger partial charge in [0.05, 0.1) is 6.10 Å². The van der Waals surface area contributed by atoms with Crippen molar-refractivity contribution in [3.63, 3.8) is 0 Å². The summed E-state index contributed by atoms with van der Waals surface area (Å²) in [5, 5.41) is 12.3. The van der Waals surface area contributed by atoms with Gasteiger partial charge in [0.25, 0.3) is 5.91 Å². The first-order valence-electron chi connectivity index (χ1n) is 6.73. The maximum absolute atomic E-state index is 11.6. The van der Waals surface area contributed by atoms with Crippen molar-refractivity contribution in [1.29, 1.82) is 0 Å². The zero-order valence-electron chi connectivity index (χ0n) is 11.8. The summed E-state index contributed by atoms with van der Waals surface area (Å²) in [5.41, 5.74) is 0.775. The second-order valence-corrected chi connectivity index (χ2v) is 4.79. The highest BCUT2D eigenvalue weighted by molar-refractivity contribution is 5.77. The maximum atomic E-state index is 11.6. The van der Waals surface area contributed by atoms with Crippen molar-refractivity contribution < 1.29 is 14.6 Å². The van der Waals surface area contributed by atoms with Gasteiger partial charge in [-0.15, -0.1) is 0 Å². The molecule has 2 unspecified atom stereocenters. The first-order valence-corrected chi connectivity index (χ1v) is 6.73. The van der Waals surface area contributed by atoms with Gasteiger partial charge in [0.15, 0.2) is 6.61 Å². The molecule has 0 aliphatic rings. The number of aliphatic hydroxyl groups excluding tert-OH is 1. The van der Waals surface area contributed by atoms with E-state index >= 15 is 0 Å². The van der Waals surface area contributed by atoms with Crippen molar-refractivity contribution in [2.24, 2.45) is 0 Å². The SMILES string of the molecule is CCCC(C)NC(=O)COc1cccc(C(C)O)c1. The van der Waals surface area contributed by atoms with Gasteiger partial charge in [0.1, 0.15) is 5.75 Å². The van der Waals surface area contributed by atoms with Gasteiger partial charge in [-0.1, -0.05) is 25.5 Å². The monoisotopic (exact) mass is 265 g/mol. The molecule has 1 aromatic rings. The van der Waals surface area contributed by atoms with Gasteiger partial charge >= 0.3 is 0 Å². The van der Waals surface area contributed by atoms with Crippen molar-refractivity contribution in [3.05, 3.63) is 29.8 Å². The summed E-state index contributed by atoms with van der Waals surface area (Å²) in [6.45, 7) is 5.76. The molecule has 0 heterocycles. The fourth-order valence-corrected chi connectivity index (χ4v) is 1.83. The summed E-state index contributed by atoms with van der Waals surface area (Å²) >= 11 is 0. The minimum absolute atomic E-state index is 0.00266. The van der Waals surface area contributed by atoms with E-state index in [1.807, 2.05) is 13.0 Å². The smallest absolute Gasteiger partial charge is 0.258 e. The fourth-order valence-electron chi connectivity index (χ4n) is 1.83. The lowest BCUT2D eigenvalue weighted by Gasteiger charge is -2.13. The van der Waals surface area contributed by atoms with Crippen LogP contribution in [0.15, 0.2) is 24.3 Å². The van der Waals surface area contributed by atoms with Gasteiger partial charge in [-0.05, 0) is 38.0 Å². The zero-order valence-corrected chi connectivity index (χ0v) is 11.8. The van der Waals surface area contributed by atoms with Crippen LogP contribution in [0.5, 0.6) is 5.75 Å². The predicted molar refractivity (Wildman–Crippen MR) is 75.1 cm³/mol. The first kappa shape index (κ1) is 15.5. The molecule has 2 N–H and O–H groups in total. The van der Waals surface area contributed by atoms with Crippen LogP contribution in [0.25, 0.3) is 0 Å². The van der Waals surface area contributed by atoms with Crippen molar-refractivity contribution >= 4 is 5.91 Å². The molecule has 106 valence electrons. The summed E-state index contributed by atoms with van der Waals surface area (Å²) < 4.78 is 5.41. The molecule has 0 fully saturated rings. The summed E-state index contributed by atoms with van der Waals surface area (Å²) in [6.07, 6.45) is 1.46. The topological polar surface area (TPSA) is 58.6 Å². The van der Waals surface area contributed by atoms with Crippen LogP contribution in [0, 0.1) is 0 Å². The average Bonchev–Trinajstić information content (AvgIpc) is 2.37. The number of rotatable bonds is 7. The van der Waals surface area contributed by atoms with Gasteiger partial charge in [0.2, 0.25) is 0 Å². The molecular formula is C15H23NO3. The highest BCUT2D eigenvalue weighted by atomic mass is 16.5. The van der Waals surface area contributed by atoms with E-state index in [0.29, 0.717) is 5.75 Å². The molecule has 0 aromatic heterocycles. The van der Waals surface area contributed by atoms with Crippen LogP contribution in [0.3, 0.4) is 0 Å². The molecule has 0 saturated carbocycles. The van der Waals surface area contributed by atoms with Gasteiger partial charge in [-0.3, -0.25) is 4.79 Å². The Bertz CT molecular complexity index is 404. The average molecular weight is 265 g/mol. The van der Waals surface area contributed by atoms with E-state index in [9.17, 15) is 9.90 Å². The molecule has 1 rings (SSSR count). The Morgan fingerprint density at radius 3 is 2.79 bits per heavy atom. The van der Waals surface area contributed by atoms with Crippen molar-refractivity contribution in [3.8, 4) is 5.75 Å². The lowest BCUT2D eigenvalue weighted by atomic mass is 10.1. The van der Waals surface area contributed by atoms with Crippen LogP contribution >= 0.6 is 0 Å². The van der Waals surface area contributed by atoms with Gasteiger partial charge in [-0.2, -0.15) is 0 Å². The molecule has 4 heteroatoms.